The molecule has 2 aliphatic heterocycles. The van der Waals surface area contributed by atoms with Gasteiger partial charge in [0.25, 0.3) is 5.91 Å². The van der Waals surface area contributed by atoms with Crippen molar-refractivity contribution in [3.05, 3.63) is 65.2 Å². The maximum Gasteiger partial charge on any atom is 0.257 e. The molecule has 0 radical (unpaired) electrons. The van der Waals surface area contributed by atoms with Crippen molar-refractivity contribution in [1.82, 2.24) is 4.90 Å². The number of amides is 1. The van der Waals surface area contributed by atoms with E-state index in [4.69, 9.17) is 0 Å². The molecule has 0 spiro atoms. The average molecular weight is 264 g/mol. The summed E-state index contributed by atoms with van der Waals surface area (Å²) >= 11 is 0. The number of para-hydroxylation sites is 1. The fourth-order valence-corrected chi connectivity index (χ4v) is 3.42. The van der Waals surface area contributed by atoms with Gasteiger partial charge in [0.1, 0.15) is 6.17 Å². The van der Waals surface area contributed by atoms with Crippen LogP contribution in [0.25, 0.3) is 0 Å². The van der Waals surface area contributed by atoms with E-state index in [0.717, 1.165) is 24.2 Å². The summed E-state index contributed by atoms with van der Waals surface area (Å²) in [5, 5.41) is 0. The topological polar surface area (TPSA) is 23.6 Å². The SMILES string of the molecule is CN1c2ccccc2C(=O)N2CCc3ccccc3C21. The van der Waals surface area contributed by atoms with E-state index in [9.17, 15) is 4.79 Å². The van der Waals surface area contributed by atoms with Crippen LogP contribution in [0.5, 0.6) is 0 Å². The lowest BCUT2D eigenvalue weighted by Crippen LogP contribution is -2.50. The van der Waals surface area contributed by atoms with Crippen LogP contribution in [0.1, 0.15) is 27.7 Å². The van der Waals surface area contributed by atoms with Crippen LogP contribution in [-0.2, 0) is 6.42 Å². The van der Waals surface area contributed by atoms with Crippen LogP contribution < -0.4 is 4.90 Å². The molecule has 0 bridgehead atoms. The van der Waals surface area contributed by atoms with Crippen molar-refractivity contribution in [2.45, 2.75) is 12.6 Å². The van der Waals surface area contributed by atoms with Gasteiger partial charge in [-0.2, -0.15) is 0 Å². The third kappa shape index (κ3) is 1.43. The van der Waals surface area contributed by atoms with Gasteiger partial charge < -0.3 is 9.80 Å². The fraction of sp³-hybridized carbons (Fsp3) is 0.235. The third-order valence-electron chi connectivity index (χ3n) is 4.39. The van der Waals surface area contributed by atoms with Gasteiger partial charge in [-0.05, 0) is 29.7 Å². The minimum atomic E-state index is 0.0300. The van der Waals surface area contributed by atoms with Gasteiger partial charge in [0.15, 0.2) is 0 Å². The van der Waals surface area contributed by atoms with Crippen LogP contribution in [0.4, 0.5) is 5.69 Å². The zero-order chi connectivity index (χ0) is 13.7. The Bertz CT molecular complexity index is 695. The number of hydrogen-bond acceptors (Lipinski definition) is 2. The van der Waals surface area contributed by atoms with Crippen molar-refractivity contribution in [3.8, 4) is 0 Å². The molecule has 100 valence electrons. The number of carbonyl (C=O) groups excluding carboxylic acids is 1. The van der Waals surface area contributed by atoms with Gasteiger partial charge in [-0.25, -0.2) is 0 Å². The second-order valence-electron chi connectivity index (χ2n) is 5.45. The molecule has 20 heavy (non-hydrogen) atoms. The summed E-state index contributed by atoms with van der Waals surface area (Å²) in [4.78, 5) is 16.9. The van der Waals surface area contributed by atoms with Gasteiger partial charge >= 0.3 is 0 Å². The average Bonchev–Trinajstić information content (AvgIpc) is 2.51. The molecule has 0 fully saturated rings. The van der Waals surface area contributed by atoms with E-state index in [1.54, 1.807) is 0 Å². The van der Waals surface area contributed by atoms with Gasteiger partial charge in [-0.3, -0.25) is 4.79 Å². The van der Waals surface area contributed by atoms with Gasteiger partial charge in [-0.15, -0.1) is 0 Å². The molecule has 1 atom stereocenters. The second-order valence-corrected chi connectivity index (χ2v) is 5.45. The van der Waals surface area contributed by atoms with Crippen LogP contribution in [0.2, 0.25) is 0 Å². The van der Waals surface area contributed by atoms with E-state index in [0.29, 0.717) is 0 Å². The first-order chi connectivity index (χ1) is 9.77. The lowest BCUT2D eigenvalue weighted by Gasteiger charge is -2.47. The van der Waals surface area contributed by atoms with Crippen molar-refractivity contribution >= 4 is 11.6 Å². The normalized spacial score (nSPS) is 20.2. The number of anilines is 1. The van der Waals surface area contributed by atoms with E-state index in [-0.39, 0.29) is 12.1 Å². The monoisotopic (exact) mass is 264 g/mol. The summed E-state index contributed by atoms with van der Waals surface area (Å²) in [6, 6.07) is 16.3. The van der Waals surface area contributed by atoms with Crippen molar-refractivity contribution in [2.75, 3.05) is 18.5 Å². The van der Waals surface area contributed by atoms with Crippen LogP contribution >= 0.6 is 0 Å². The van der Waals surface area contributed by atoms with Crippen LogP contribution in [0.15, 0.2) is 48.5 Å². The number of carbonyl (C=O) groups is 1. The zero-order valence-electron chi connectivity index (χ0n) is 11.4. The summed E-state index contributed by atoms with van der Waals surface area (Å²) in [5.74, 6) is 0.151. The molecule has 3 nitrogen and oxygen atoms in total. The van der Waals surface area contributed by atoms with Crippen molar-refractivity contribution in [1.29, 1.82) is 0 Å². The smallest absolute Gasteiger partial charge is 0.257 e. The Balaban J connectivity index is 1.91. The summed E-state index contributed by atoms with van der Waals surface area (Å²) in [6.45, 7) is 0.791. The van der Waals surface area contributed by atoms with E-state index in [1.807, 2.05) is 29.2 Å². The maximum atomic E-state index is 12.7. The van der Waals surface area contributed by atoms with Crippen LogP contribution in [0.3, 0.4) is 0 Å². The quantitative estimate of drug-likeness (QED) is 0.730. The molecule has 3 heteroatoms. The lowest BCUT2D eigenvalue weighted by molar-refractivity contribution is 0.0638. The first-order valence-corrected chi connectivity index (χ1v) is 6.98. The third-order valence-corrected chi connectivity index (χ3v) is 4.39. The van der Waals surface area contributed by atoms with Crippen LogP contribution in [0, 0.1) is 0 Å². The highest BCUT2D eigenvalue weighted by molar-refractivity contribution is 6.02. The van der Waals surface area contributed by atoms with Crippen molar-refractivity contribution in [3.63, 3.8) is 0 Å². The summed E-state index contributed by atoms with van der Waals surface area (Å²) in [5.41, 5.74) is 4.44. The Hall–Kier alpha value is -2.29. The van der Waals surface area contributed by atoms with Crippen molar-refractivity contribution in [2.24, 2.45) is 0 Å². The maximum absolute atomic E-state index is 12.7. The van der Waals surface area contributed by atoms with E-state index in [2.05, 4.69) is 36.2 Å². The lowest BCUT2D eigenvalue weighted by atomic mass is 9.92. The number of benzene rings is 2. The predicted octanol–water partition coefficient (Wildman–Crippen LogP) is 2.83. The molecule has 0 saturated heterocycles. The first-order valence-electron chi connectivity index (χ1n) is 6.98. The minimum Gasteiger partial charge on any atom is -0.350 e. The summed E-state index contributed by atoms with van der Waals surface area (Å²) in [6.07, 6.45) is 0.969. The summed E-state index contributed by atoms with van der Waals surface area (Å²) < 4.78 is 0. The zero-order valence-corrected chi connectivity index (χ0v) is 11.4. The molecule has 2 aliphatic rings. The van der Waals surface area contributed by atoms with Crippen molar-refractivity contribution < 1.29 is 4.79 Å². The second kappa shape index (κ2) is 4.10. The number of hydrogen-bond donors (Lipinski definition) is 0. The highest BCUT2D eigenvalue weighted by Crippen LogP contribution is 2.40. The molecule has 0 saturated carbocycles. The molecule has 2 aromatic rings. The van der Waals surface area contributed by atoms with Crippen LogP contribution in [-0.4, -0.2) is 24.4 Å². The highest BCUT2D eigenvalue weighted by Gasteiger charge is 2.39. The molecule has 1 amide bonds. The number of nitrogens with zero attached hydrogens (tertiary/aromatic N) is 2. The molecular weight excluding hydrogens is 248 g/mol. The fourth-order valence-electron chi connectivity index (χ4n) is 3.42. The van der Waals surface area contributed by atoms with Gasteiger partial charge in [-0.1, -0.05) is 36.4 Å². The number of rotatable bonds is 0. The Morgan fingerprint density at radius 2 is 1.80 bits per heavy atom. The molecule has 0 aromatic heterocycles. The standard InChI is InChI=1S/C17H16N2O/c1-18-15-9-5-4-8-14(15)17(20)19-11-10-12-6-2-3-7-13(12)16(18)19/h2-9,16H,10-11H2,1H3. The molecule has 4 rings (SSSR count). The van der Waals surface area contributed by atoms with Gasteiger partial charge in [0.2, 0.25) is 0 Å². The molecule has 2 aromatic carbocycles. The highest BCUT2D eigenvalue weighted by atomic mass is 16.2. The Kier molecular flexibility index (Phi) is 2.36. The Morgan fingerprint density at radius 1 is 1.05 bits per heavy atom. The van der Waals surface area contributed by atoms with E-state index in [1.165, 1.54) is 11.1 Å². The van der Waals surface area contributed by atoms with Gasteiger partial charge in [0, 0.05) is 13.6 Å². The first kappa shape index (κ1) is 11.5. The Labute approximate surface area is 118 Å². The minimum absolute atomic E-state index is 0.0300. The molecular formula is C17H16N2O. The molecule has 0 aliphatic carbocycles. The Morgan fingerprint density at radius 3 is 2.70 bits per heavy atom. The number of fused-ring (bicyclic) bond motifs is 4. The summed E-state index contributed by atoms with van der Waals surface area (Å²) in [7, 11) is 2.07. The largest absolute Gasteiger partial charge is 0.350 e. The molecule has 1 unspecified atom stereocenters. The van der Waals surface area contributed by atoms with E-state index < -0.39 is 0 Å². The molecule has 0 N–H and O–H groups in total. The van der Waals surface area contributed by atoms with E-state index >= 15 is 0 Å². The predicted molar refractivity (Wildman–Crippen MR) is 78.8 cm³/mol. The molecule has 2 heterocycles. The van der Waals surface area contributed by atoms with Gasteiger partial charge in [0.05, 0.1) is 11.3 Å².